The first-order chi connectivity index (χ1) is 10.3. The fourth-order valence-corrected chi connectivity index (χ4v) is 2.71. The van der Waals surface area contributed by atoms with Crippen LogP contribution in [0.1, 0.15) is 32.6 Å². The summed E-state index contributed by atoms with van der Waals surface area (Å²) in [5.74, 6) is 0.825. The van der Waals surface area contributed by atoms with Gasteiger partial charge in [0, 0.05) is 24.2 Å². The summed E-state index contributed by atoms with van der Waals surface area (Å²) in [6, 6.07) is 8.40. The van der Waals surface area contributed by atoms with Crippen LogP contribution in [0.15, 0.2) is 30.5 Å². The molecule has 21 heavy (non-hydrogen) atoms. The van der Waals surface area contributed by atoms with E-state index in [0.717, 1.165) is 36.0 Å². The average Bonchev–Trinajstić information content (AvgIpc) is 3.32. The Hall–Kier alpha value is -1.32. The standard InChI is InChI=1S/C17H21ClN2O/c1-2-4-13(11-20-12-6-7-12)21-16-9-8-15(18)14-5-3-10-19-17(14)16/h3,5,8-10,12-13,20H,2,4,6-7,11H2,1H3. The summed E-state index contributed by atoms with van der Waals surface area (Å²) in [6.07, 6.45) is 6.70. The van der Waals surface area contributed by atoms with Crippen LogP contribution in [0.5, 0.6) is 5.75 Å². The van der Waals surface area contributed by atoms with E-state index >= 15 is 0 Å². The zero-order valence-electron chi connectivity index (χ0n) is 12.3. The van der Waals surface area contributed by atoms with Crippen LogP contribution in [-0.4, -0.2) is 23.7 Å². The van der Waals surface area contributed by atoms with Crippen molar-refractivity contribution in [1.29, 1.82) is 0 Å². The number of hydrogen-bond acceptors (Lipinski definition) is 3. The second kappa shape index (κ2) is 6.63. The van der Waals surface area contributed by atoms with E-state index < -0.39 is 0 Å². The van der Waals surface area contributed by atoms with Crippen LogP contribution >= 0.6 is 11.6 Å². The third-order valence-corrected chi connectivity index (χ3v) is 4.12. The Balaban J connectivity index is 1.79. The Labute approximate surface area is 130 Å². The van der Waals surface area contributed by atoms with Crippen LogP contribution in [0.2, 0.25) is 5.02 Å². The van der Waals surface area contributed by atoms with Gasteiger partial charge in [-0.15, -0.1) is 0 Å². The van der Waals surface area contributed by atoms with E-state index in [2.05, 4.69) is 17.2 Å². The van der Waals surface area contributed by atoms with Gasteiger partial charge in [0.05, 0.1) is 5.02 Å². The van der Waals surface area contributed by atoms with Crippen molar-refractivity contribution >= 4 is 22.5 Å². The van der Waals surface area contributed by atoms with E-state index in [0.29, 0.717) is 11.1 Å². The number of pyridine rings is 1. The summed E-state index contributed by atoms with van der Waals surface area (Å²) in [4.78, 5) is 4.43. The minimum atomic E-state index is 0.182. The zero-order valence-corrected chi connectivity index (χ0v) is 13.1. The molecule has 0 spiro atoms. The van der Waals surface area contributed by atoms with Crippen LogP contribution in [-0.2, 0) is 0 Å². The number of aromatic nitrogens is 1. The molecule has 1 fully saturated rings. The lowest BCUT2D eigenvalue weighted by molar-refractivity contribution is 0.188. The molecule has 0 saturated heterocycles. The summed E-state index contributed by atoms with van der Waals surface area (Å²) in [5, 5.41) is 5.21. The highest BCUT2D eigenvalue weighted by atomic mass is 35.5. The first kappa shape index (κ1) is 14.6. The molecule has 1 saturated carbocycles. The second-order valence-electron chi connectivity index (χ2n) is 5.66. The highest BCUT2D eigenvalue weighted by molar-refractivity contribution is 6.35. The van der Waals surface area contributed by atoms with Crippen molar-refractivity contribution in [3.63, 3.8) is 0 Å². The molecular weight excluding hydrogens is 284 g/mol. The van der Waals surface area contributed by atoms with Crippen LogP contribution in [0.4, 0.5) is 0 Å². The van der Waals surface area contributed by atoms with Gasteiger partial charge in [-0.2, -0.15) is 0 Å². The molecule has 0 amide bonds. The molecular formula is C17H21ClN2O. The van der Waals surface area contributed by atoms with Gasteiger partial charge >= 0.3 is 0 Å². The molecule has 4 heteroatoms. The van der Waals surface area contributed by atoms with E-state index in [1.165, 1.54) is 12.8 Å². The fraction of sp³-hybridized carbons (Fsp3) is 0.471. The third kappa shape index (κ3) is 3.66. The topological polar surface area (TPSA) is 34.1 Å². The molecule has 0 radical (unpaired) electrons. The number of ether oxygens (including phenoxy) is 1. The molecule has 1 atom stereocenters. The predicted molar refractivity (Wildman–Crippen MR) is 87.1 cm³/mol. The quantitative estimate of drug-likeness (QED) is 0.833. The van der Waals surface area contributed by atoms with Gasteiger partial charge in [-0.3, -0.25) is 4.98 Å². The lowest BCUT2D eigenvalue weighted by atomic mass is 10.2. The lowest BCUT2D eigenvalue weighted by Gasteiger charge is -2.20. The van der Waals surface area contributed by atoms with E-state index in [1.54, 1.807) is 6.20 Å². The van der Waals surface area contributed by atoms with Crippen LogP contribution < -0.4 is 10.1 Å². The van der Waals surface area contributed by atoms with Crippen molar-refractivity contribution in [3.8, 4) is 5.75 Å². The van der Waals surface area contributed by atoms with Crippen LogP contribution in [0.25, 0.3) is 10.9 Å². The molecule has 1 aromatic heterocycles. The zero-order chi connectivity index (χ0) is 14.7. The monoisotopic (exact) mass is 304 g/mol. The largest absolute Gasteiger partial charge is 0.487 e. The Morgan fingerprint density at radius 1 is 1.38 bits per heavy atom. The average molecular weight is 305 g/mol. The molecule has 3 rings (SSSR count). The molecule has 1 unspecified atom stereocenters. The van der Waals surface area contributed by atoms with Gasteiger partial charge in [-0.25, -0.2) is 0 Å². The minimum Gasteiger partial charge on any atom is -0.487 e. The molecule has 0 aliphatic heterocycles. The molecule has 112 valence electrons. The summed E-state index contributed by atoms with van der Waals surface area (Å²) in [5.41, 5.74) is 0.845. The van der Waals surface area contributed by atoms with Crippen molar-refractivity contribution in [1.82, 2.24) is 10.3 Å². The third-order valence-electron chi connectivity index (χ3n) is 3.80. The SMILES string of the molecule is CCCC(CNC1CC1)Oc1ccc(Cl)c2cccnc12. The highest BCUT2D eigenvalue weighted by Gasteiger charge is 2.22. The number of hydrogen-bond donors (Lipinski definition) is 1. The van der Waals surface area contributed by atoms with Crippen molar-refractivity contribution < 1.29 is 4.74 Å². The minimum absolute atomic E-state index is 0.182. The van der Waals surface area contributed by atoms with Crippen molar-refractivity contribution in [2.75, 3.05) is 6.54 Å². The van der Waals surface area contributed by atoms with E-state index in [-0.39, 0.29) is 6.10 Å². The van der Waals surface area contributed by atoms with Crippen molar-refractivity contribution in [3.05, 3.63) is 35.5 Å². The number of nitrogens with zero attached hydrogens (tertiary/aromatic N) is 1. The molecule has 1 aliphatic rings. The number of halogens is 1. The molecule has 0 bridgehead atoms. The van der Waals surface area contributed by atoms with Crippen molar-refractivity contribution in [2.45, 2.75) is 44.8 Å². The van der Waals surface area contributed by atoms with Gasteiger partial charge in [0.1, 0.15) is 17.4 Å². The maximum Gasteiger partial charge on any atom is 0.146 e. The molecule has 1 aromatic carbocycles. The number of nitrogens with one attached hydrogen (secondary N) is 1. The summed E-state index contributed by atoms with van der Waals surface area (Å²) >= 11 is 6.23. The molecule has 2 aromatic rings. The Morgan fingerprint density at radius 2 is 2.24 bits per heavy atom. The van der Waals surface area contributed by atoms with Crippen LogP contribution in [0.3, 0.4) is 0 Å². The van der Waals surface area contributed by atoms with Gasteiger partial charge in [-0.05, 0) is 43.5 Å². The summed E-state index contributed by atoms with van der Waals surface area (Å²) < 4.78 is 6.22. The Bertz CT molecular complexity index is 613. The predicted octanol–water partition coefficient (Wildman–Crippen LogP) is 4.19. The number of benzene rings is 1. The van der Waals surface area contributed by atoms with Gasteiger partial charge in [0.15, 0.2) is 0 Å². The highest BCUT2D eigenvalue weighted by Crippen LogP contribution is 2.30. The van der Waals surface area contributed by atoms with Gasteiger partial charge in [0.25, 0.3) is 0 Å². The normalized spacial score (nSPS) is 16.1. The smallest absolute Gasteiger partial charge is 0.146 e. The molecule has 3 nitrogen and oxygen atoms in total. The molecule has 1 aliphatic carbocycles. The molecule has 1 N–H and O–H groups in total. The Kier molecular flexibility index (Phi) is 4.61. The van der Waals surface area contributed by atoms with Gasteiger partial charge in [-0.1, -0.05) is 24.9 Å². The van der Waals surface area contributed by atoms with Crippen LogP contribution in [0, 0.1) is 0 Å². The van der Waals surface area contributed by atoms with Gasteiger partial charge in [0.2, 0.25) is 0 Å². The van der Waals surface area contributed by atoms with Gasteiger partial charge < -0.3 is 10.1 Å². The van der Waals surface area contributed by atoms with E-state index in [4.69, 9.17) is 16.3 Å². The summed E-state index contributed by atoms with van der Waals surface area (Å²) in [6.45, 7) is 3.08. The Morgan fingerprint density at radius 3 is 3.00 bits per heavy atom. The number of rotatable bonds is 7. The maximum atomic E-state index is 6.23. The fourth-order valence-electron chi connectivity index (χ4n) is 2.50. The van der Waals surface area contributed by atoms with E-state index in [9.17, 15) is 0 Å². The first-order valence-electron chi connectivity index (χ1n) is 7.71. The lowest BCUT2D eigenvalue weighted by Crippen LogP contribution is -2.32. The van der Waals surface area contributed by atoms with E-state index in [1.807, 2.05) is 24.3 Å². The molecule has 1 heterocycles. The first-order valence-corrected chi connectivity index (χ1v) is 8.09. The second-order valence-corrected chi connectivity index (χ2v) is 6.06. The maximum absolute atomic E-state index is 6.23. The summed E-state index contributed by atoms with van der Waals surface area (Å²) in [7, 11) is 0. The number of fused-ring (bicyclic) bond motifs is 1. The van der Waals surface area contributed by atoms with Crippen molar-refractivity contribution in [2.24, 2.45) is 0 Å².